The van der Waals surface area contributed by atoms with Gasteiger partial charge in [0.25, 0.3) is 0 Å². The van der Waals surface area contributed by atoms with Crippen molar-refractivity contribution in [2.75, 3.05) is 32.7 Å². The summed E-state index contributed by atoms with van der Waals surface area (Å²) in [6, 6.07) is -0.407. The number of likely N-dealkylation sites (tertiary alicyclic amines) is 1. The van der Waals surface area contributed by atoms with E-state index in [1.54, 1.807) is 6.92 Å². The summed E-state index contributed by atoms with van der Waals surface area (Å²) in [6.45, 7) is 5.65. The van der Waals surface area contributed by atoms with Gasteiger partial charge >= 0.3 is 12.2 Å². The second kappa shape index (κ2) is 7.50. The number of hydrogen-bond donors (Lipinski definition) is 3. The van der Waals surface area contributed by atoms with Gasteiger partial charge in [-0.2, -0.15) is 13.2 Å². The van der Waals surface area contributed by atoms with Crippen molar-refractivity contribution < 1.29 is 23.1 Å². The topological polar surface area (TPSA) is 64.6 Å². The quantitative estimate of drug-likeness (QED) is 0.695. The van der Waals surface area contributed by atoms with Crippen LogP contribution in [0, 0.1) is 11.8 Å². The number of urea groups is 1. The van der Waals surface area contributed by atoms with Crippen molar-refractivity contribution in [3.63, 3.8) is 0 Å². The number of nitrogens with one attached hydrogen (secondary N) is 2. The largest absolute Gasteiger partial charge is 0.401 e. The zero-order valence-corrected chi connectivity index (χ0v) is 13.3. The molecule has 130 valence electrons. The summed E-state index contributed by atoms with van der Waals surface area (Å²) in [6.07, 6.45) is -3.54. The van der Waals surface area contributed by atoms with Crippen molar-refractivity contribution in [1.29, 1.82) is 0 Å². The Morgan fingerprint density at radius 1 is 1.36 bits per heavy atom. The Hall–Kier alpha value is -1.02. The van der Waals surface area contributed by atoms with Gasteiger partial charge in [0.2, 0.25) is 0 Å². The van der Waals surface area contributed by atoms with Gasteiger partial charge in [-0.05, 0) is 31.7 Å². The molecule has 0 aromatic heterocycles. The maximum Gasteiger partial charge on any atom is 0.401 e. The standard InChI is InChI=1S/C14H26F3N3O2/c1-10(2)13(3,22)8-19-12(21)18-6-11-4-5-20(7-11)9-14(15,16)17/h10-11,22H,4-9H2,1-3H3,(H2,18,19,21). The van der Waals surface area contributed by atoms with E-state index in [1.807, 2.05) is 13.8 Å². The van der Waals surface area contributed by atoms with Crippen LogP contribution in [-0.2, 0) is 0 Å². The Balaban J connectivity index is 2.23. The average Bonchev–Trinajstić information content (AvgIpc) is 2.79. The van der Waals surface area contributed by atoms with Crippen molar-refractivity contribution in [3.8, 4) is 0 Å². The smallest absolute Gasteiger partial charge is 0.388 e. The molecule has 1 fully saturated rings. The second-order valence-electron chi connectivity index (χ2n) is 6.58. The molecule has 2 unspecified atom stereocenters. The van der Waals surface area contributed by atoms with E-state index >= 15 is 0 Å². The summed E-state index contributed by atoms with van der Waals surface area (Å²) < 4.78 is 36.8. The molecule has 3 N–H and O–H groups in total. The van der Waals surface area contributed by atoms with E-state index < -0.39 is 24.4 Å². The highest BCUT2D eigenvalue weighted by atomic mass is 19.4. The molecule has 2 atom stereocenters. The van der Waals surface area contributed by atoms with Crippen molar-refractivity contribution in [2.45, 2.75) is 39.0 Å². The highest BCUT2D eigenvalue weighted by molar-refractivity contribution is 5.73. The first-order valence-corrected chi connectivity index (χ1v) is 7.53. The van der Waals surface area contributed by atoms with Crippen LogP contribution in [0.15, 0.2) is 0 Å². The molecule has 0 saturated carbocycles. The molecule has 2 amide bonds. The first-order chi connectivity index (χ1) is 9.99. The predicted octanol–water partition coefficient (Wildman–Crippen LogP) is 1.58. The molecule has 0 radical (unpaired) electrons. The number of carbonyl (C=O) groups excluding carboxylic acids is 1. The summed E-state index contributed by atoms with van der Waals surface area (Å²) in [5, 5.41) is 15.2. The van der Waals surface area contributed by atoms with E-state index in [1.165, 1.54) is 4.90 Å². The van der Waals surface area contributed by atoms with E-state index in [4.69, 9.17) is 0 Å². The Morgan fingerprint density at radius 3 is 2.55 bits per heavy atom. The van der Waals surface area contributed by atoms with Crippen LogP contribution in [0.1, 0.15) is 27.2 Å². The molecule has 1 heterocycles. The van der Waals surface area contributed by atoms with Gasteiger partial charge in [0, 0.05) is 19.6 Å². The summed E-state index contributed by atoms with van der Waals surface area (Å²) in [5.41, 5.74) is -0.992. The molecule has 0 aliphatic carbocycles. The molecule has 0 aromatic rings. The molecule has 1 aliphatic rings. The molecule has 1 aliphatic heterocycles. The highest BCUT2D eigenvalue weighted by Crippen LogP contribution is 2.22. The number of nitrogens with zero attached hydrogens (tertiary/aromatic N) is 1. The number of carbonyl (C=O) groups is 1. The molecule has 1 rings (SSSR count). The fourth-order valence-corrected chi connectivity index (χ4v) is 2.24. The number of aliphatic hydroxyl groups is 1. The van der Waals surface area contributed by atoms with Crippen LogP contribution >= 0.6 is 0 Å². The Kier molecular flexibility index (Phi) is 6.49. The zero-order valence-electron chi connectivity index (χ0n) is 13.3. The number of rotatable bonds is 6. The first-order valence-electron chi connectivity index (χ1n) is 7.53. The molecule has 0 spiro atoms. The summed E-state index contributed by atoms with van der Waals surface area (Å²) in [5.74, 6) is 0.0252. The maximum atomic E-state index is 12.3. The summed E-state index contributed by atoms with van der Waals surface area (Å²) in [4.78, 5) is 13.0. The van der Waals surface area contributed by atoms with Gasteiger partial charge < -0.3 is 15.7 Å². The van der Waals surface area contributed by atoms with E-state index in [2.05, 4.69) is 10.6 Å². The van der Waals surface area contributed by atoms with Gasteiger partial charge in [-0.15, -0.1) is 0 Å². The minimum atomic E-state index is -4.18. The van der Waals surface area contributed by atoms with Crippen molar-refractivity contribution in [1.82, 2.24) is 15.5 Å². The Morgan fingerprint density at radius 2 is 2.00 bits per heavy atom. The van der Waals surface area contributed by atoms with Crippen molar-refractivity contribution in [2.24, 2.45) is 11.8 Å². The molecule has 0 bridgehead atoms. The maximum absolute atomic E-state index is 12.3. The van der Waals surface area contributed by atoms with E-state index in [0.717, 1.165) is 0 Å². The van der Waals surface area contributed by atoms with E-state index in [9.17, 15) is 23.1 Å². The third kappa shape index (κ3) is 6.83. The molecule has 0 aromatic carbocycles. The van der Waals surface area contributed by atoms with Gasteiger partial charge in [-0.3, -0.25) is 4.90 Å². The molecule has 22 heavy (non-hydrogen) atoms. The van der Waals surface area contributed by atoms with Crippen LogP contribution in [0.2, 0.25) is 0 Å². The average molecular weight is 325 g/mol. The number of amides is 2. The second-order valence-corrected chi connectivity index (χ2v) is 6.58. The number of halogens is 3. The Bertz CT molecular complexity index is 373. The van der Waals surface area contributed by atoms with Crippen molar-refractivity contribution >= 4 is 6.03 Å². The molecule has 8 heteroatoms. The summed E-state index contributed by atoms with van der Waals surface area (Å²) in [7, 11) is 0. The normalized spacial score (nSPS) is 22.6. The number of hydrogen-bond acceptors (Lipinski definition) is 3. The van der Waals surface area contributed by atoms with E-state index in [0.29, 0.717) is 26.1 Å². The summed E-state index contributed by atoms with van der Waals surface area (Å²) >= 11 is 0. The monoisotopic (exact) mass is 325 g/mol. The van der Waals surface area contributed by atoms with Gasteiger partial charge in [0.1, 0.15) is 0 Å². The highest BCUT2D eigenvalue weighted by Gasteiger charge is 2.34. The minimum Gasteiger partial charge on any atom is -0.388 e. The molecular formula is C14H26F3N3O2. The molecule has 5 nitrogen and oxygen atoms in total. The van der Waals surface area contributed by atoms with Crippen LogP contribution in [0.4, 0.5) is 18.0 Å². The lowest BCUT2D eigenvalue weighted by atomic mass is 9.93. The van der Waals surface area contributed by atoms with Gasteiger partial charge in [-0.25, -0.2) is 4.79 Å². The van der Waals surface area contributed by atoms with Gasteiger partial charge in [0.05, 0.1) is 12.1 Å². The predicted molar refractivity (Wildman–Crippen MR) is 77.5 cm³/mol. The van der Waals surface area contributed by atoms with Gasteiger partial charge in [-0.1, -0.05) is 13.8 Å². The first kappa shape index (κ1) is 19.0. The van der Waals surface area contributed by atoms with Crippen LogP contribution in [-0.4, -0.2) is 60.5 Å². The third-order valence-corrected chi connectivity index (χ3v) is 4.17. The van der Waals surface area contributed by atoms with Crippen LogP contribution < -0.4 is 10.6 Å². The lowest BCUT2D eigenvalue weighted by Crippen LogP contribution is -2.48. The zero-order chi connectivity index (χ0) is 17.0. The van der Waals surface area contributed by atoms with Crippen LogP contribution in [0.25, 0.3) is 0 Å². The minimum absolute atomic E-state index is 0.00133. The SMILES string of the molecule is CC(C)C(C)(O)CNC(=O)NCC1CCN(CC(F)(F)F)C1. The molecular weight excluding hydrogens is 299 g/mol. The Labute approximate surface area is 129 Å². The third-order valence-electron chi connectivity index (χ3n) is 4.17. The van der Waals surface area contributed by atoms with Crippen LogP contribution in [0.3, 0.4) is 0 Å². The fourth-order valence-electron chi connectivity index (χ4n) is 2.24. The molecule has 1 saturated heterocycles. The van der Waals surface area contributed by atoms with Gasteiger partial charge in [0.15, 0.2) is 0 Å². The lowest BCUT2D eigenvalue weighted by molar-refractivity contribution is -0.143. The fraction of sp³-hybridized carbons (Fsp3) is 0.929. The van der Waals surface area contributed by atoms with E-state index in [-0.39, 0.29) is 18.4 Å². The lowest BCUT2D eigenvalue weighted by Gasteiger charge is -2.27. The van der Waals surface area contributed by atoms with Crippen LogP contribution in [0.5, 0.6) is 0 Å². The number of alkyl halides is 3. The van der Waals surface area contributed by atoms with Crippen molar-refractivity contribution in [3.05, 3.63) is 0 Å².